The van der Waals surface area contributed by atoms with E-state index in [9.17, 15) is 14.0 Å². The molecule has 1 amide bonds. The van der Waals surface area contributed by atoms with Crippen LogP contribution >= 0.6 is 0 Å². The number of para-hydroxylation sites is 1. The number of benzene rings is 3. The van der Waals surface area contributed by atoms with Crippen LogP contribution < -0.4 is 10.1 Å². The van der Waals surface area contributed by atoms with E-state index in [-0.39, 0.29) is 29.7 Å². The molecule has 6 heteroatoms. The second-order valence-electron chi connectivity index (χ2n) is 9.03. The van der Waals surface area contributed by atoms with Crippen LogP contribution in [-0.4, -0.2) is 11.7 Å². The largest absolute Gasteiger partial charge is 0.482 e. The number of carbonyl (C=O) groups is 2. The van der Waals surface area contributed by atoms with Crippen LogP contribution in [0.2, 0.25) is 0 Å². The molecule has 1 aromatic heterocycles. The molecule has 0 bridgehead atoms. The SMILES string of the molecule is Cc1cccc(C)c1NC(=O)c1oc2ccc3c(c2c1C)C(=O)CC(C)(c1ccc(F)cc1)O3. The number of halogens is 1. The van der Waals surface area contributed by atoms with Gasteiger partial charge in [-0.2, -0.15) is 0 Å². The Morgan fingerprint density at radius 1 is 1.00 bits per heavy atom. The fourth-order valence-electron chi connectivity index (χ4n) is 4.72. The molecule has 5 nitrogen and oxygen atoms in total. The van der Waals surface area contributed by atoms with Crippen molar-refractivity contribution in [1.82, 2.24) is 0 Å². The minimum Gasteiger partial charge on any atom is -0.482 e. The molecule has 2 heterocycles. The lowest BCUT2D eigenvalue weighted by atomic mass is 9.84. The van der Waals surface area contributed by atoms with Crippen LogP contribution in [0.25, 0.3) is 11.0 Å². The Hall–Kier alpha value is -3.93. The van der Waals surface area contributed by atoms with E-state index in [2.05, 4.69) is 5.32 Å². The summed E-state index contributed by atoms with van der Waals surface area (Å²) in [6.45, 7) is 7.45. The summed E-state index contributed by atoms with van der Waals surface area (Å²) in [5, 5.41) is 3.53. The molecule has 1 aliphatic heterocycles. The zero-order valence-corrected chi connectivity index (χ0v) is 19.4. The number of nitrogens with one attached hydrogen (secondary N) is 1. The first-order valence-electron chi connectivity index (χ1n) is 11.1. The van der Waals surface area contributed by atoms with Gasteiger partial charge in [0.25, 0.3) is 5.91 Å². The number of ether oxygens (including phenoxy) is 1. The number of fused-ring (bicyclic) bond motifs is 3. The zero-order chi connectivity index (χ0) is 24.2. The summed E-state index contributed by atoms with van der Waals surface area (Å²) in [4.78, 5) is 26.5. The van der Waals surface area contributed by atoms with E-state index >= 15 is 0 Å². The standard InChI is InChI=1S/C28H24FNO4/c1-15-6-5-7-16(2)25(15)30-27(32)26-17(3)23-21(33-26)12-13-22-24(23)20(31)14-28(4,34-22)18-8-10-19(29)11-9-18/h5-13H,14H2,1-4H3,(H,30,32). The topological polar surface area (TPSA) is 68.5 Å². The number of aryl methyl sites for hydroxylation is 3. The van der Waals surface area contributed by atoms with E-state index in [1.807, 2.05) is 39.0 Å². The highest BCUT2D eigenvalue weighted by Gasteiger charge is 2.40. The maximum absolute atomic E-state index is 13.4. The average Bonchev–Trinajstić information content (AvgIpc) is 3.13. The summed E-state index contributed by atoms with van der Waals surface area (Å²) in [5.74, 6) is -0.270. The quantitative estimate of drug-likeness (QED) is 0.375. The van der Waals surface area contributed by atoms with E-state index in [1.165, 1.54) is 12.1 Å². The van der Waals surface area contributed by atoms with E-state index in [4.69, 9.17) is 9.15 Å². The second-order valence-corrected chi connectivity index (χ2v) is 9.03. The number of Topliss-reactive ketones (excluding diaryl/α,β-unsaturated/α-hetero) is 1. The lowest BCUT2D eigenvalue weighted by Gasteiger charge is -2.35. The number of hydrogen-bond acceptors (Lipinski definition) is 4. The molecule has 1 N–H and O–H groups in total. The third kappa shape index (κ3) is 3.46. The maximum Gasteiger partial charge on any atom is 0.291 e. The molecule has 5 rings (SSSR count). The zero-order valence-electron chi connectivity index (χ0n) is 19.4. The number of hydrogen-bond donors (Lipinski definition) is 1. The molecule has 0 spiro atoms. The van der Waals surface area contributed by atoms with E-state index in [0.29, 0.717) is 33.4 Å². The molecule has 34 heavy (non-hydrogen) atoms. The Balaban J connectivity index is 1.55. The molecule has 1 unspecified atom stereocenters. The molecule has 0 fully saturated rings. The van der Waals surface area contributed by atoms with Gasteiger partial charge in [-0.3, -0.25) is 9.59 Å². The Bertz CT molecular complexity index is 1450. The number of amides is 1. The Kier molecular flexibility index (Phi) is 5.04. The number of furan rings is 1. The molecule has 3 aromatic carbocycles. The van der Waals surface area contributed by atoms with Gasteiger partial charge in [0.15, 0.2) is 11.5 Å². The highest BCUT2D eigenvalue weighted by molar-refractivity contribution is 6.15. The summed E-state index contributed by atoms with van der Waals surface area (Å²) >= 11 is 0. The molecular weight excluding hydrogens is 433 g/mol. The third-order valence-electron chi connectivity index (χ3n) is 6.55. The minimum atomic E-state index is -0.925. The molecule has 0 saturated heterocycles. The normalized spacial score (nSPS) is 17.4. The molecule has 1 atom stereocenters. The van der Waals surface area contributed by atoms with Gasteiger partial charge in [0, 0.05) is 16.6 Å². The minimum absolute atomic E-state index is 0.0826. The van der Waals surface area contributed by atoms with Gasteiger partial charge < -0.3 is 14.5 Å². The van der Waals surface area contributed by atoms with Gasteiger partial charge in [-0.1, -0.05) is 30.3 Å². The van der Waals surface area contributed by atoms with Crippen LogP contribution in [0.3, 0.4) is 0 Å². The lowest BCUT2D eigenvalue weighted by molar-refractivity contribution is 0.0507. The highest BCUT2D eigenvalue weighted by Crippen LogP contribution is 2.44. The predicted octanol–water partition coefficient (Wildman–Crippen LogP) is 6.63. The Labute approximate surface area is 196 Å². The van der Waals surface area contributed by atoms with Crippen LogP contribution in [-0.2, 0) is 5.60 Å². The van der Waals surface area contributed by atoms with Crippen LogP contribution in [0, 0.1) is 26.6 Å². The maximum atomic E-state index is 13.4. The van der Waals surface area contributed by atoms with Gasteiger partial charge in [0.05, 0.1) is 12.0 Å². The molecule has 0 radical (unpaired) electrons. The van der Waals surface area contributed by atoms with Gasteiger partial charge in [0.1, 0.15) is 22.8 Å². The number of anilines is 1. The van der Waals surface area contributed by atoms with Crippen molar-refractivity contribution >= 4 is 28.3 Å². The summed E-state index contributed by atoms with van der Waals surface area (Å²) < 4.78 is 25.6. The smallest absolute Gasteiger partial charge is 0.291 e. The van der Waals surface area contributed by atoms with Crippen LogP contribution in [0.15, 0.2) is 59.0 Å². The fourth-order valence-corrected chi connectivity index (χ4v) is 4.72. The predicted molar refractivity (Wildman–Crippen MR) is 128 cm³/mol. The molecular formula is C28H24FNO4. The molecule has 4 aromatic rings. The molecule has 172 valence electrons. The Morgan fingerprint density at radius 3 is 2.35 bits per heavy atom. The summed E-state index contributed by atoms with van der Waals surface area (Å²) in [7, 11) is 0. The number of carbonyl (C=O) groups excluding carboxylic acids is 2. The van der Waals surface area contributed by atoms with E-state index in [0.717, 1.165) is 16.8 Å². The highest BCUT2D eigenvalue weighted by atomic mass is 19.1. The van der Waals surface area contributed by atoms with Crippen molar-refractivity contribution in [3.8, 4) is 5.75 Å². The van der Waals surface area contributed by atoms with Crippen molar-refractivity contribution in [3.63, 3.8) is 0 Å². The summed E-state index contributed by atoms with van der Waals surface area (Å²) in [5.41, 5.74) is 3.86. The van der Waals surface area contributed by atoms with Crippen molar-refractivity contribution in [1.29, 1.82) is 0 Å². The first-order chi connectivity index (χ1) is 16.2. The van der Waals surface area contributed by atoms with Gasteiger partial charge in [-0.25, -0.2) is 4.39 Å². The van der Waals surface area contributed by atoms with Crippen molar-refractivity contribution in [2.75, 3.05) is 5.32 Å². The van der Waals surface area contributed by atoms with Gasteiger partial charge >= 0.3 is 0 Å². The summed E-state index contributed by atoms with van der Waals surface area (Å²) in [6, 6.07) is 15.2. The number of rotatable bonds is 3. The van der Waals surface area contributed by atoms with Crippen molar-refractivity contribution in [2.45, 2.75) is 39.7 Å². The van der Waals surface area contributed by atoms with Crippen molar-refractivity contribution in [3.05, 3.63) is 94.0 Å². The summed E-state index contributed by atoms with van der Waals surface area (Å²) in [6.07, 6.45) is 0.0826. The van der Waals surface area contributed by atoms with Crippen molar-refractivity contribution < 1.29 is 23.1 Å². The fraction of sp³-hybridized carbons (Fsp3) is 0.214. The van der Waals surface area contributed by atoms with Gasteiger partial charge in [-0.05, 0) is 68.7 Å². The van der Waals surface area contributed by atoms with Gasteiger partial charge in [0.2, 0.25) is 0 Å². The van der Waals surface area contributed by atoms with E-state index in [1.54, 1.807) is 31.2 Å². The molecule has 0 saturated carbocycles. The first-order valence-corrected chi connectivity index (χ1v) is 11.1. The number of ketones is 1. The second kappa shape index (κ2) is 7.83. The van der Waals surface area contributed by atoms with Crippen LogP contribution in [0.5, 0.6) is 5.75 Å². The van der Waals surface area contributed by atoms with Crippen LogP contribution in [0.4, 0.5) is 10.1 Å². The van der Waals surface area contributed by atoms with E-state index < -0.39 is 5.60 Å². The first kappa shape index (κ1) is 21.9. The molecule has 0 aliphatic carbocycles. The average molecular weight is 458 g/mol. The monoisotopic (exact) mass is 457 g/mol. The Morgan fingerprint density at radius 2 is 1.68 bits per heavy atom. The van der Waals surface area contributed by atoms with Crippen LogP contribution in [0.1, 0.15) is 56.5 Å². The van der Waals surface area contributed by atoms with Crippen molar-refractivity contribution in [2.24, 2.45) is 0 Å². The molecule has 1 aliphatic rings. The lowest BCUT2D eigenvalue weighted by Crippen LogP contribution is -2.36. The van der Waals surface area contributed by atoms with Gasteiger partial charge in [-0.15, -0.1) is 0 Å². The third-order valence-corrected chi connectivity index (χ3v) is 6.55.